The molecule has 10 heteroatoms. The van der Waals surface area contributed by atoms with Gasteiger partial charge in [-0.25, -0.2) is 13.4 Å². The number of carbonyl (C=O) groups excluding carboxylic acids is 2. The standard InChI is InChI=1S/C17H24N4O5S/c1-12-10-15(19-13(2)18-12)26-14-6-7-20(11-14)27(24,25)9-8-21-16(22)4-3-5-17(21)23/h10,14H,3-9,11H2,1-2H3/t14-/m0/s1. The van der Waals surface area contributed by atoms with E-state index in [0.29, 0.717) is 43.9 Å². The van der Waals surface area contributed by atoms with Gasteiger partial charge in [0.25, 0.3) is 0 Å². The Balaban J connectivity index is 1.56. The molecule has 0 unspecified atom stereocenters. The summed E-state index contributed by atoms with van der Waals surface area (Å²) in [7, 11) is -3.57. The number of sulfonamides is 1. The molecule has 2 aliphatic heterocycles. The van der Waals surface area contributed by atoms with Crippen molar-refractivity contribution in [2.24, 2.45) is 0 Å². The Morgan fingerprint density at radius 2 is 1.89 bits per heavy atom. The number of hydrogen-bond donors (Lipinski definition) is 0. The van der Waals surface area contributed by atoms with Crippen molar-refractivity contribution in [3.8, 4) is 5.88 Å². The molecule has 2 aliphatic rings. The van der Waals surface area contributed by atoms with Crippen LogP contribution in [0.25, 0.3) is 0 Å². The van der Waals surface area contributed by atoms with Crippen molar-refractivity contribution < 1.29 is 22.7 Å². The number of hydrogen-bond acceptors (Lipinski definition) is 7. The second kappa shape index (κ2) is 7.89. The molecule has 0 spiro atoms. The maximum absolute atomic E-state index is 12.6. The zero-order valence-corrected chi connectivity index (χ0v) is 16.4. The number of carbonyl (C=O) groups is 2. The summed E-state index contributed by atoms with van der Waals surface area (Å²) in [4.78, 5) is 33.1. The summed E-state index contributed by atoms with van der Waals surface area (Å²) in [5, 5.41) is 0. The minimum absolute atomic E-state index is 0.0909. The Hall–Kier alpha value is -2.07. The molecule has 0 aromatic carbocycles. The van der Waals surface area contributed by atoms with Gasteiger partial charge in [-0.2, -0.15) is 9.29 Å². The highest BCUT2D eigenvalue weighted by Crippen LogP contribution is 2.20. The van der Waals surface area contributed by atoms with Gasteiger partial charge in [0.05, 0.1) is 12.3 Å². The van der Waals surface area contributed by atoms with Crippen molar-refractivity contribution in [2.75, 3.05) is 25.4 Å². The predicted molar refractivity (Wildman–Crippen MR) is 96.5 cm³/mol. The van der Waals surface area contributed by atoms with Crippen LogP contribution in [0, 0.1) is 13.8 Å². The van der Waals surface area contributed by atoms with Crippen LogP contribution in [-0.2, 0) is 19.6 Å². The molecule has 2 amide bonds. The van der Waals surface area contributed by atoms with E-state index >= 15 is 0 Å². The van der Waals surface area contributed by atoms with E-state index in [2.05, 4.69) is 9.97 Å². The topological polar surface area (TPSA) is 110 Å². The molecular weight excluding hydrogens is 372 g/mol. The lowest BCUT2D eigenvalue weighted by atomic mass is 10.1. The zero-order valence-electron chi connectivity index (χ0n) is 15.5. The van der Waals surface area contributed by atoms with Gasteiger partial charge in [0.15, 0.2) is 0 Å². The van der Waals surface area contributed by atoms with Gasteiger partial charge in [-0.15, -0.1) is 0 Å². The molecule has 2 saturated heterocycles. The van der Waals surface area contributed by atoms with Crippen LogP contribution in [0.1, 0.15) is 37.2 Å². The molecule has 2 fully saturated rings. The summed E-state index contributed by atoms with van der Waals surface area (Å²) in [6, 6.07) is 1.72. The first-order valence-corrected chi connectivity index (χ1v) is 10.7. The fourth-order valence-electron chi connectivity index (χ4n) is 3.35. The molecule has 148 valence electrons. The minimum atomic E-state index is -3.57. The summed E-state index contributed by atoms with van der Waals surface area (Å²) < 4.78 is 32.4. The van der Waals surface area contributed by atoms with Gasteiger partial charge < -0.3 is 4.74 Å². The highest BCUT2D eigenvalue weighted by molar-refractivity contribution is 7.89. The molecular formula is C17H24N4O5S. The number of ether oxygens (including phenoxy) is 1. The monoisotopic (exact) mass is 396 g/mol. The molecule has 0 radical (unpaired) electrons. The number of aromatic nitrogens is 2. The molecule has 1 atom stereocenters. The number of amides is 2. The van der Waals surface area contributed by atoms with E-state index in [4.69, 9.17) is 4.74 Å². The summed E-state index contributed by atoms with van der Waals surface area (Å²) in [5.74, 6) is 0.192. The molecule has 3 heterocycles. The number of imide groups is 1. The Morgan fingerprint density at radius 1 is 1.19 bits per heavy atom. The van der Waals surface area contributed by atoms with Gasteiger partial charge in [-0.3, -0.25) is 14.5 Å². The van der Waals surface area contributed by atoms with Crippen molar-refractivity contribution in [2.45, 2.75) is 45.6 Å². The average molecular weight is 396 g/mol. The average Bonchev–Trinajstić information content (AvgIpc) is 3.02. The van der Waals surface area contributed by atoms with Gasteiger partial charge in [0.1, 0.15) is 11.9 Å². The van der Waals surface area contributed by atoms with Gasteiger partial charge in [-0.05, 0) is 26.7 Å². The van der Waals surface area contributed by atoms with E-state index in [-0.39, 0.29) is 36.8 Å². The smallest absolute Gasteiger partial charge is 0.229 e. The number of rotatable bonds is 6. The first-order chi connectivity index (χ1) is 12.7. The third-order valence-electron chi connectivity index (χ3n) is 4.69. The van der Waals surface area contributed by atoms with Crippen LogP contribution in [0.5, 0.6) is 5.88 Å². The molecule has 1 aromatic heterocycles. The molecule has 9 nitrogen and oxygen atoms in total. The SMILES string of the molecule is Cc1cc(O[C@H]2CCN(S(=O)(=O)CCN3C(=O)CCCC3=O)C2)nc(C)n1. The highest BCUT2D eigenvalue weighted by Gasteiger charge is 2.34. The summed E-state index contributed by atoms with van der Waals surface area (Å²) in [5.41, 5.74) is 0.788. The Morgan fingerprint density at radius 3 is 2.56 bits per heavy atom. The summed E-state index contributed by atoms with van der Waals surface area (Å²) in [6.45, 7) is 4.10. The van der Waals surface area contributed by atoms with E-state index < -0.39 is 10.0 Å². The lowest BCUT2D eigenvalue weighted by Gasteiger charge is -2.25. The van der Waals surface area contributed by atoms with Crippen LogP contribution in [0.4, 0.5) is 0 Å². The normalized spacial score (nSPS) is 21.7. The van der Waals surface area contributed by atoms with Crippen molar-refractivity contribution >= 4 is 21.8 Å². The second-order valence-corrected chi connectivity index (χ2v) is 8.98. The van der Waals surface area contributed by atoms with E-state index in [1.807, 2.05) is 6.92 Å². The van der Waals surface area contributed by atoms with Crippen molar-refractivity contribution in [3.63, 3.8) is 0 Å². The van der Waals surface area contributed by atoms with Crippen molar-refractivity contribution in [1.82, 2.24) is 19.2 Å². The summed E-state index contributed by atoms with van der Waals surface area (Å²) in [6.07, 6.45) is 1.40. The molecule has 0 aliphatic carbocycles. The van der Waals surface area contributed by atoms with E-state index in [9.17, 15) is 18.0 Å². The third-order valence-corrected chi connectivity index (χ3v) is 6.50. The van der Waals surface area contributed by atoms with Crippen LogP contribution in [-0.4, -0.2) is 70.9 Å². The fraction of sp³-hybridized carbons (Fsp3) is 0.647. The molecule has 0 N–H and O–H groups in total. The van der Waals surface area contributed by atoms with Crippen molar-refractivity contribution in [1.29, 1.82) is 0 Å². The Labute approximate surface area is 158 Å². The molecule has 0 saturated carbocycles. The van der Waals surface area contributed by atoms with Crippen molar-refractivity contribution in [3.05, 3.63) is 17.6 Å². The fourth-order valence-corrected chi connectivity index (χ4v) is 4.79. The van der Waals surface area contributed by atoms with Gasteiger partial charge in [0, 0.05) is 37.7 Å². The third kappa shape index (κ3) is 4.81. The van der Waals surface area contributed by atoms with E-state index in [1.54, 1.807) is 13.0 Å². The molecule has 1 aromatic rings. The van der Waals surface area contributed by atoms with E-state index in [1.165, 1.54) is 4.31 Å². The highest BCUT2D eigenvalue weighted by atomic mass is 32.2. The first kappa shape index (κ1) is 19.7. The lowest BCUT2D eigenvalue weighted by Crippen LogP contribution is -2.44. The van der Waals surface area contributed by atoms with Crippen LogP contribution >= 0.6 is 0 Å². The lowest BCUT2D eigenvalue weighted by molar-refractivity contribution is -0.147. The number of likely N-dealkylation sites (tertiary alicyclic amines) is 1. The largest absolute Gasteiger partial charge is 0.473 e. The maximum Gasteiger partial charge on any atom is 0.229 e. The van der Waals surface area contributed by atoms with Crippen LogP contribution in [0.15, 0.2) is 6.07 Å². The van der Waals surface area contributed by atoms with Crippen LogP contribution in [0.2, 0.25) is 0 Å². The second-order valence-electron chi connectivity index (χ2n) is 6.89. The number of nitrogens with zero attached hydrogens (tertiary/aromatic N) is 4. The Bertz CT molecular complexity index is 805. The quantitative estimate of drug-likeness (QED) is 0.641. The van der Waals surface area contributed by atoms with Crippen LogP contribution < -0.4 is 4.74 Å². The van der Waals surface area contributed by atoms with Gasteiger partial charge in [-0.1, -0.05) is 0 Å². The zero-order chi connectivity index (χ0) is 19.6. The molecule has 3 rings (SSSR count). The molecule has 27 heavy (non-hydrogen) atoms. The predicted octanol–water partition coefficient (Wildman–Crippen LogP) is 0.415. The van der Waals surface area contributed by atoms with Crippen LogP contribution in [0.3, 0.4) is 0 Å². The Kier molecular flexibility index (Phi) is 5.75. The maximum atomic E-state index is 12.6. The minimum Gasteiger partial charge on any atom is -0.473 e. The van der Waals surface area contributed by atoms with Gasteiger partial charge in [0.2, 0.25) is 27.7 Å². The molecule has 0 bridgehead atoms. The van der Waals surface area contributed by atoms with E-state index in [0.717, 1.165) is 10.6 Å². The number of aryl methyl sites for hydroxylation is 2. The summed E-state index contributed by atoms with van der Waals surface area (Å²) >= 11 is 0. The van der Waals surface area contributed by atoms with Gasteiger partial charge >= 0.3 is 0 Å². The number of piperidine rings is 1. The first-order valence-electron chi connectivity index (χ1n) is 9.04.